The van der Waals surface area contributed by atoms with Crippen molar-refractivity contribution in [1.29, 1.82) is 0 Å². The summed E-state index contributed by atoms with van der Waals surface area (Å²) in [6.07, 6.45) is -9.01. The van der Waals surface area contributed by atoms with Gasteiger partial charge in [0.1, 0.15) is 41.5 Å². The van der Waals surface area contributed by atoms with Crippen LogP contribution in [0.5, 0.6) is 11.5 Å². The molecule has 3 aromatic rings. The Balaban J connectivity index is 0.00000256. The number of benzene rings is 2. The quantitative estimate of drug-likeness (QED) is 0.182. The summed E-state index contributed by atoms with van der Waals surface area (Å²) in [4.78, 5) is 23.3. The molecule has 0 unspecified atom stereocenters. The molecule has 0 radical (unpaired) electrons. The molecule has 2 aromatic carbocycles. The Labute approximate surface area is 190 Å². The maximum Gasteiger partial charge on any atom is 1.00 e. The van der Waals surface area contributed by atoms with Gasteiger partial charge in [0.25, 0.3) is 0 Å². The van der Waals surface area contributed by atoms with Crippen LogP contribution in [0, 0.1) is 0 Å². The Bertz CT molecular complexity index is 1160. The maximum absolute atomic E-state index is 12.2. The second-order valence-electron chi connectivity index (χ2n) is 6.61. The van der Waals surface area contributed by atoms with Crippen molar-refractivity contribution in [2.45, 2.75) is 30.7 Å². The minimum absolute atomic E-state index is 0. The number of carboxylic acid groups (broad SMARTS) is 1. The van der Waals surface area contributed by atoms with Crippen molar-refractivity contribution in [3.63, 3.8) is 0 Å². The third-order valence-corrected chi connectivity index (χ3v) is 4.72. The molecule has 0 bridgehead atoms. The number of fused-ring (bicyclic) bond motifs is 3. The number of aliphatic hydroxyl groups is 3. The van der Waals surface area contributed by atoms with E-state index in [2.05, 4.69) is 0 Å². The molecule has 30 heavy (non-hydrogen) atoms. The van der Waals surface area contributed by atoms with Crippen molar-refractivity contribution in [2.24, 2.45) is 0 Å². The van der Waals surface area contributed by atoms with Gasteiger partial charge in [0, 0.05) is 16.8 Å². The molecular weight excluding hydrogens is 411 g/mol. The van der Waals surface area contributed by atoms with Crippen LogP contribution < -0.4 is 45.0 Å². The third-order valence-electron chi connectivity index (χ3n) is 4.72. The van der Waals surface area contributed by atoms with Gasteiger partial charge in [-0.1, -0.05) is 0 Å². The smallest absolute Gasteiger partial charge is 0.547 e. The van der Waals surface area contributed by atoms with Gasteiger partial charge >= 0.3 is 35.2 Å². The van der Waals surface area contributed by atoms with Gasteiger partial charge in [0.15, 0.2) is 0 Å². The van der Waals surface area contributed by atoms with Crippen LogP contribution >= 0.6 is 0 Å². The molecule has 2 heterocycles. The second kappa shape index (κ2) is 8.52. The summed E-state index contributed by atoms with van der Waals surface area (Å²) in [6, 6.07) is 8.43. The fourth-order valence-corrected chi connectivity index (χ4v) is 3.24. The van der Waals surface area contributed by atoms with Crippen LogP contribution in [0.2, 0.25) is 0 Å². The number of carbonyl (C=O) groups excluding carboxylic acids is 1. The number of phenols is 1. The average molecular weight is 426 g/mol. The minimum Gasteiger partial charge on any atom is -0.547 e. The molecule has 5 atom stereocenters. The molecule has 0 aliphatic carbocycles. The van der Waals surface area contributed by atoms with E-state index in [1.54, 1.807) is 0 Å². The monoisotopic (exact) mass is 426 g/mol. The van der Waals surface area contributed by atoms with Gasteiger partial charge in [-0.25, -0.2) is 4.79 Å². The van der Waals surface area contributed by atoms with Crippen molar-refractivity contribution in [1.82, 2.24) is 0 Å². The van der Waals surface area contributed by atoms with Gasteiger partial charge in [-0.3, -0.25) is 0 Å². The van der Waals surface area contributed by atoms with Crippen LogP contribution in [0.3, 0.4) is 0 Å². The number of hydrogen-bond donors (Lipinski definition) is 4. The molecule has 1 saturated heterocycles. The predicted molar refractivity (Wildman–Crippen MR) is 94.0 cm³/mol. The first-order chi connectivity index (χ1) is 13.8. The van der Waals surface area contributed by atoms with Gasteiger partial charge in [-0.05, 0) is 30.3 Å². The molecule has 4 N–H and O–H groups in total. The molecular formula is C19H15NaO10. The van der Waals surface area contributed by atoms with Gasteiger partial charge in [-0.2, -0.15) is 0 Å². The third kappa shape index (κ3) is 3.91. The Morgan fingerprint density at radius 2 is 1.67 bits per heavy atom. The van der Waals surface area contributed by atoms with E-state index in [-0.39, 0.29) is 52.0 Å². The maximum atomic E-state index is 12.2. The van der Waals surface area contributed by atoms with E-state index in [0.717, 1.165) is 0 Å². The molecule has 1 aromatic heterocycles. The number of carbonyl (C=O) groups is 1. The Morgan fingerprint density at radius 3 is 2.37 bits per heavy atom. The minimum atomic E-state index is -1.91. The van der Waals surface area contributed by atoms with Crippen LogP contribution in [-0.2, 0) is 9.53 Å². The number of aliphatic hydroxyl groups excluding tert-OH is 3. The Hall–Kier alpha value is -2.18. The summed E-state index contributed by atoms with van der Waals surface area (Å²) in [5.41, 5.74) is -0.502. The van der Waals surface area contributed by atoms with Gasteiger partial charge in [-0.15, -0.1) is 0 Å². The number of hydrogen-bond acceptors (Lipinski definition) is 10. The molecule has 0 amide bonds. The molecule has 4 rings (SSSR count). The summed E-state index contributed by atoms with van der Waals surface area (Å²) < 4.78 is 15.7. The number of phenolic OH excluding ortho intramolecular Hbond substituents is 1. The summed E-state index contributed by atoms with van der Waals surface area (Å²) in [6.45, 7) is 0. The standard InChI is InChI=1S/C19H16O10.Na/c20-7-1-3-9-11-6-8(2-4-10(11)18(26)28-12(9)5-7)27-19-15(23)13(21)14(22)16(29-19)17(24)25;/h1-6,13-16,19-23H,(H,24,25);/q;+1/p-1/t13-,14-,15+,16-,19+;/m0./s1. The van der Waals surface area contributed by atoms with Gasteiger partial charge in [0.2, 0.25) is 6.29 Å². The summed E-state index contributed by atoms with van der Waals surface area (Å²) in [5.74, 6) is -1.78. The number of ether oxygens (including phenoxy) is 2. The largest absolute Gasteiger partial charge is 1.00 e. The van der Waals surface area contributed by atoms with Gasteiger partial charge in [0.05, 0.1) is 11.4 Å². The van der Waals surface area contributed by atoms with Crippen LogP contribution in [0.25, 0.3) is 21.7 Å². The predicted octanol–water partition coefficient (Wildman–Crippen LogP) is -4.41. The van der Waals surface area contributed by atoms with E-state index in [1.165, 1.54) is 36.4 Å². The van der Waals surface area contributed by atoms with E-state index in [1.807, 2.05) is 0 Å². The van der Waals surface area contributed by atoms with E-state index in [9.17, 15) is 35.1 Å². The average Bonchev–Trinajstić information content (AvgIpc) is 2.68. The van der Waals surface area contributed by atoms with Crippen molar-refractivity contribution in [3.8, 4) is 11.5 Å². The van der Waals surface area contributed by atoms with Crippen molar-refractivity contribution < 1.29 is 73.8 Å². The molecule has 0 saturated carbocycles. The fourth-order valence-electron chi connectivity index (χ4n) is 3.24. The van der Waals surface area contributed by atoms with Crippen molar-refractivity contribution in [3.05, 3.63) is 46.8 Å². The zero-order valence-corrected chi connectivity index (χ0v) is 17.6. The van der Waals surface area contributed by atoms with E-state index in [4.69, 9.17) is 13.9 Å². The van der Waals surface area contributed by atoms with E-state index in [0.29, 0.717) is 10.8 Å². The number of aliphatic carboxylic acids is 1. The molecule has 11 heteroatoms. The SMILES string of the molecule is O=C([O-])[C@H]1O[C@@H](Oc2ccc3c(=O)oc4cc(O)ccc4c3c2)[C@H](O)[C@@H](O)[C@@H]1O.[Na+]. The first-order valence-corrected chi connectivity index (χ1v) is 8.53. The van der Waals surface area contributed by atoms with Crippen LogP contribution in [0.15, 0.2) is 45.6 Å². The normalized spacial score (nSPS) is 26.3. The molecule has 0 spiro atoms. The molecule has 152 valence electrons. The summed E-state index contributed by atoms with van der Waals surface area (Å²) in [7, 11) is 0. The topological polar surface area (TPSA) is 170 Å². The first-order valence-electron chi connectivity index (χ1n) is 8.53. The van der Waals surface area contributed by atoms with Crippen molar-refractivity contribution >= 4 is 27.7 Å². The summed E-state index contributed by atoms with van der Waals surface area (Å²) in [5, 5.41) is 51.4. The van der Waals surface area contributed by atoms with Crippen LogP contribution in [0.1, 0.15) is 0 Å². The van der Waals surface area contributed by atoms with Crippen molar-refractivity contribution in [2.75, 3.05) is 0 Å². The number of aromatic hydroxyl groups is 1. The number of rotatable bonds is 3. The van der Waals surface area contributed by atoms with Gasteiger partial charge < -0.3 is 44.2 Å². The van der Waals surface area contributed by atoms with Crippen LogP contribution in [0.4, 0.5) is 0 Å². The fraction of sp³-hybridized carbons (Fsp3) is 0.263. The first kappa shape index (κ1) is 22.5. The molecule has 10 nitrogen and oxygen atoms in total. The second-order valence-corrected chi connectivity index (χ2v) is 6.61. The Morgan fingerprint density at radius 1 is 0.967 bits per heavy atom. The van der Waals surface area contributed by atoms with E-state index >= 15 is 0 Å². The zero-order chi connectivity index (χ0) is 20.9. The van der Waals surface area contributed by atoms with Crippen LogP contribution in [-0.4, -0.2) is 57.1 Å². The zero-order valence-electron chi connectivity index (χ0n) is 15.6. The molecule has 1 aliphatic rings. The summed E-state index contributed by atoms with van der Waals surface area (Å²) >= 11 is 0. The van der Waals surface area contributed by atoms with E-state index < -0.39 is 42.3 Å². The molecule has 1 fully saturated rings. The Kier molecular flexibility index (Phi) is 6.39. The molecule has 1 aliphatic heterocycles. The number of carboxylic acids is 1.